The number of amides is 2. The Morgan fingerprint density at radius 3 is 2.42 bits per heavy atom. The highest BCUT2D eigenvalue weighted by atomic mass is 16.2. The molecule has 0 aliphatic heterocycles. The molecule has 0 saturated carbocycles. The van der Waals surface area contributed by atoms with Crippen LogP contribution in [-0.4, -0.2) is 11.8 Å². The van der Waals surface area contributed by atoms with E-state index in [2.05, 4.69) is 10.6 Å². The molecule has 0 bridgehead atoms. The summed E-state index contributed by atoms with van der Waals surface area (Å²) in [6.45, 7) is 4.13. The maximum Gasteiger partial charge on any atom is 0.238 e. The van der Waals surface area contributed by atoms with Crippen LogP contribution in [0.2, 0.25) is 0 Å². The molecule has 2 amide bonds. The Labute approximate surface area is 112 Å². The van der Waals surface area contributed by atoms with Crippen molar-refractivity contribution in [1.29, 1.82) is 5.26 Å². The Morgan fingerprint density at radius 1 is 1.26 bits per heavy atom. The maximum absolute atomic E-state index is 11.4. The van der Waals surface area contributed by atoms with Crippen molar-refractivity contribution in [3.8, 4) is 6.07 Å². The largest absolute Gasteiger partial charge is 0.352 e. The van der Waals surface area contributed by atoms with Crippen molar-refractivity contribution in [3.63, 3.8) is 0 Å². The standard InChI is InChI=1S/C14H17N3O2/c1-10(2)14(19)16-9-11-3-5-12(6-4-11)17-13(18)7-8-15/h3-6,10H,7,9H2,1-2H3,(H,16,19)(H,17,18). The topological polar surface area (TPSA) is 82.0 Å². The van der Waals surface area contributed by atoms with E-state index in [-0.39, 0.29) is 24.2 Å². The van der Waals surface area contributed by atoms with Crippen LogP contribution in [-0.2, 0) is 16.1 Å². The first-order valence-electron chi connectivity index (χ1n) is 6.06. The molecule has 0 radical (unpaired) electrons. The van der Waals surface area contributed by atoms with Crippen molar-refractivity contribution >= 4 is 17.5 Å². The van der Waals surface area contributed by atoms with Crippen LogP contribution in [0.15, 0.2) is 24.3 Å². The van der Waals surface area contributed by atoms with Crippen LogP contribution < -0.4 is 10.6 Å². The maximum atomic E-state index is 11.4. The minimum atomic E-state index is -0.330. The van der Waals surface area contributed by atoms with Gasteiger partial charge in [0.15, 0.2) is 0 Å². The van der Waals surface area contributed by atoms with Crippen LogP contribution in [0.3, 0.4) is 0 Å². The van der Waals surface area contributed by atoms with E-state index in [9.17, 15) is 9.59 Å². The summed E-state index contributed by atoms with van der Waals surface area (Å²) >= 11 is 0. The summed E-state index contributed by atoms with van der Waals surface area (Å²) in [7, 11) is 0. The van der Waals surface area contributed by atoms with Gasteiger partial charge in [-0.3, -0.25) is 9.59 Å². The second-order valence-electron chi connectivity index (χ2n) is 4.45. The molecule has 0 spiro atoms. The Hall–Kier alpha value is -2.35. The van der Waals surface area contributed by atoms with Gasteiger partial charge in [-0.2, -0.15) is 5.26 Å². The van der Waals surface area contributed by atoms with E-state index in [0.29, 0.717) is 12.2 Å². The number of nitriles is 1. The lowest BCUT2D eigenvalue weighted by Crippen LogP contribution is -2.27. The number of nitrogens with zero attached hydrogens (tertiary/aromatic N) is 1. The summed E-state index contributed by atoms with van der Waals surface area (Å²) in [5, 5.41) is 13.8. The van der Waals surface area contributed by atoms with E-state index < -0.39 is 0 Å². The van der Waals surface area contributed by atoms with E-state index in [1.807, 2.05) is 26.0 Å². The molecule has 5 nitrogen and oxygen atoms in total. The lowest BCUT2D eigenvalue weighted by atomic mass is 10.1. The molecule has 0 fully saturated rings. The van der Waals surface area contributed by atoms with Crippen LogP contribution in [0.25, 0.3) is 0 Å². The van der Waals surface area contributed by atoms with Gasteiger partial charge in [-0.05, 0) is 17.7 Å². The molecule has 5 heteroatoms. The molecular weight excluding hydrogens is 242 g/mol. The monoisotopic (exact) mass is 259 g/mol. The number of rotatable bonds is 5. The average molecular weight is 259 g/mol. The highest BCUT2D eigenvalue weighted by Crippen LogP contribution is 2.10. The van der Waals surface area contributed by atoms with Gasteiger partial charge in [0.2, 0.25) is 11.8 Å². The molecule has 2 N–H and O–H groups in total. The molecule has 0 aliphatic carbocycles. The van der Waals surface area contributed by atoms with Crippen molar-refractivity contribution in [2.24, 2.45) is 5.92 Å². The summed E-state index contributed by atoms with van der Waals surface area (Å²) in [5.74, 6) is -0.362. The number of nitrogens with one attached hydrogen (secondary N) is 2. The fourth-order valence-electron chi connectivity index (χ4n) is 1.38. The fourth-order valence-corrected chi connectivity index (χ4v) is 1.38. The second kappa shape index (κ2) is 7.17. The molecule has 1 aromatic carbocycles. The number of hydrogen-bond acceptors (Lipinski definition) is 3. The van der Waals surface area contributed by atoms with E-state index in [0.717, 1.165) is 5.56 Å². The van der Waals surface area contributed by atoms with Crippen molar-refractivity contribution in [3.05, 3.63) is 29.8 Å². The van der Waals surface area contributed by atoms with Gasteiger partial charge in [0, 0.05) is 18.2 Å². The normalized spacial score (nSPS) is 9.79. The third-order valence-electron chi connectivity index (χ3n) is 2.47. The highest BCUT2D eigenvalue weighted by Gasteiger charge is 2.06. The first-order chi connectivity index (χ1) is 9.02. The molecule has 0 unspecified atom stereocenters. The zero-order valence-electron chi connectivity index (χ0n) is 11.1. The highest BCUT2D eigenvalue weighted by molar-refractivity contribution is 5.92. The Balaban J connectivity index is 2.50. The zero-order valence-corrected chi connectivity index (χ0v) is 11.1. The van der Waals surface area contributed by atoms with Crippen molar-refractivity contribution in [1.82, 2.24) is 5.32 Å². The molecule has 0 heterocycles. The third-order valence-corrected chi connectivity index (χ3v) is 2.47. The summed E-state index contributed by atoms with van der Waals surface area (Å²) < 4.78 is 0. The van der Waals surface area contributed by atoms with Crippen LogP contribution in [0.4, 0.5) is 5.69 Å². The first-order valence-corrected chi connectivity index (χ1v) is 6.06. The van der Waals surface area contributed by atoms with E-state index in [1.54, 1.807) is 18.2 Å². The summed E-state index contributed by atoms with van der Waals surface area (Å²) in [5.41, 5.74) is 1.59. The predicted molar refractivity (Wildman–Crippen MR) is 72.0 cm³/mol. The number of carbonyl (C=O) groups excluding carboxylic acids is 2. The van der Waals surface area contributed by atoms with Crippen LogP contribution in [0.1, 0.15) is 25.8 Å². The lowest BCUT2D eigenvalue weighted by molar-refractivity contribution is -0.124. The minimum absolute atomic E-state index is 0.00593. The number of benzene rings is 1. The molecule has 0 atom stereocenters. The van der Waals surface area contributed by atoms with Gasteiger partial charge < -0.3 is 10.6 Å². The smallest absolute Gasteiger partial charge is 0.238 e. The molecule has 0 aromatic heterocycles. The van der Waals surface area contributed by atoms with Crippen molar-refractivity contribution in [2.45, 2.75) is 26.8 Å². The van der Waals surface area contributed by atoms with Gasteiger partial charge in [-0.15, -0.1) is 0 Å². The van der Waals surface area contributed by atoms with Crippen molar-refractivity contribution < 1.29 is 9.59 Å². The summed E-state index contributed by atoms with van der Waals surface area (Å²) in [6, 6.07) is 8.91. The van der Waals surface area contributed by atoms with E-state index in [1.165, 1.54) is 0 Å². The summed E-state index contributed by atoms with van der Waals surface area (Å²) in [6.07, 6.45) is -0.161. The summed E-state index contributed by atoms with van der Waals surface area (Å²) in [4.78, 5) is 22.6. The van der Waals surface area contributed by atoms with Gasteiger partial charge in [0.25, 0.3) is 0 Å². The number of carbonyl (C=O) groups is 2. The molecule has 0 saturated heterocycles. The van der Waals surface area contributed by atoms with Gasteiger partial charge in [-0.25, -0.2) is 0 Å². The van der Waals surface area contributed by atoms with Crippen LogP contribution >= 0.6 is 0 Å². The van der Waals surface area contributed by atoms with Gasteiger partial charge in [0.1, 0.15) is 6.42 Å². The van der Waals surface area contributed by atoms with Crippen molar-refractivity contribution in [2.75, 3.05) is 5.32 Å². The van der Waals surface area contributed by atoms with E-state index >= 15 is 0 Å². The molecule has 19 heavy (non-hydrogen) atoms. The molecule has 100 valence electrons. The van der Waals surface area contributed by atoms with Gasteiger partial charge in [0.05, 0.1) is 6.07 Å². The van der Waals surface area contributed by atoms with Crippen LogP contribution in [0, 0.1) is 17.2 Å². The molecule has 1 rings (SSSR count). The van der Waals surface area contributed by atoms with Crippen LogP contribution in [0.5, 0.6) is 0 Å². The second-order valence-corrected chi connectivity index (χ2v) is 4.45. The Bertz CT molecular complexity index is 486. The minimum Gasteiger partial charge on any atom is -0.352 e. The number of anilines is 1. The predicted octanol–water partition coefficient (Wildman–Crippen LogP) is 1.81. The Kier molecular flexibility index (Phi) is 5.55. The SMILES string of the molecule is CC(C)C(=O)NCc1ccc(NC(=O)CC#N)cc1. The Morgan fingerprint density at radius 2 is 1.89 bits per heavy atom. The first kappa shape index (κ1) is 14.7. The average Bonchev–Trinajstić information content (AvgIpc) is 2.37. The van der Waals surface area contributed by atoms with Gasteiger partial charge in [-0.1, -0.05) is 26.0 Å². The zero-order chi connectivity index (χ0) is 14.3. The third kappa shape index (κ3) is 5.21. The molecule has 0 aliphatic rings. The quantitative estimate of drug-likeness (QED) is 0.846. The molecule has 1 aromatic rings. The lowest BCUT2D eigenvalue weighted by Gasteiger charge is -2.08. The molecular formula is C14H17N3O2. The fraction of sp³-hybridized carbons (Fsp3) is 0.357. The van der Waals surface area contributed by atoms with Gasteiger partial charge >= 0.3 is 0 Å². The van der Waals surface area contributed by atoms with E-state index in [4.69, 9.17) is 5.26 Å². The number of hydrogen-bond donors (Lipinski definition) is 2.